The van der Waals surface area contributed by atoms with Gasteiger partial charge in [-0.1, -0.05) is 26.7 Å². The number of nitrogens with zero attached hydrogens (tertiary/aromatic N) is 4. The maximum atomic E-state index is 11.2. The Bertz CT molecular complexity index is 1000. The third kappa shape index (κ3) is 5.51. The molecule has 1 aliphatic heterocycles. The lowest BCUT2D eigenvalue weighted by molar-refractivity contribution is -0.111. The molecule has 31 heavy (non-hydrogen) atoms. The molecule has 3 aromatic rings. The van der Waals surface area contributed by atoms with Crippen LogP contribution < -0.4 is 15.0 Å². The minimum absolute atomic E-state index is 0.0258. The molecule has 0 amide bonds. The lowest BCUT2D eigenvalue weighted by atomic mass is 10.0. The van der Waals surface area contributed by atoms with E-state index in [2.05, 4.69) is 39.0 Å². The number of aldehydes is 1. The van der Waals surface area contributed by atoms with E-state index in [1.165, 1.54) is 12.8 Å². The largest absolute Gasteiger partial charge is 0.496 e. The van der Waals surface area contributed by atoms with Gasteiger partial charge < -0.3 is 24.7 Å². The molecule has 2 aromatic heterocycles. The number of aromatic amines is 1. The number of rotatable bonds is 6. The van der Waals surface area contributed by atoms with Gasteiger partial charge in [0, 0.05) is 24.7 Å². The minimum atomic E-state index is 0.0258. The Labute approximate surface area is 183 Å². The van der Waals surface area contributed by atoms with Crippen LogP contribution in [0.15, 0.2) is 24.5 Å². The van der Waals surface area contributed by atoms with Crippen LogP contribution in [-0.4, -0.2) is 46.4 Å². The Morgan fingerprint density at radius 1 is 1.29 bits per heavy atom. The van der Waals surface area contributed by atoms with E-state index >= 15 is 0 Å². The molecule has 0 aliphatic carbocycles. The molecule has 166 valence electrons. The summed E-state index contributed by atoms with van der Waals surface area (Å²) in [6.45, 7) is 7.83. The fourth-order valence-corrected chi connectivity index (χ4v) is 3.45. The molecular formula is C23H32N6O2. The van der Waals surface area contributed by atoms with Gasteiger partial charge in [-0.3, -0.25) is 0 Å². The first-order valence-electron chi connectivity index (χ1n) is 10.9. The Balaban J connectivity index is 0.000000628. The monoisotopic (exact) mass is 424 g/mol. The highest BCUT2D eigenvalue weighted by Crippen LogP contribution is 2.28. The van der Waals surface area contributed by atoms with Crippen molar-refractivity contribution in [2.45, 2.75) is 46.5 Å². The second kappa shape index (κ2) is 10.7. The lowest BCUT2D eigenvalue weighted by Crippen LogP contribution is -2.37. The summed E-state index contributed by atoms with van der Waals surface area (Å²) in [5, 5.41) is 3.36. The van der Waals surface area contributed by atoms with Gasteiger partial charge >= 0.3 is 0 Å². The zero-order chi connectivity index (χ0) is 22.2. The van der Waals surface area contributed by atoms with Crippen molar-refractivity contribution in [3.63, 3.8) is 0 Å². The number of hydrogen-bond acceptors (Lipinski definition) is 7. The summed E-state index contributed by atoms with van der Waals surface area (Å²) >= 11 is 0. The number of benzene rings is 1. The molecule has 1 fully saturated rings. The Morgan fingerprint density at radius 3 is 2.77 bits per heavy atom. The van der Waals surface area contributed by atoms with Crippen molar-refractivity contribution in [2.24, 2.45) is 5.92 Å². The van der Waals surface area contributed by atoms with Crippen LogP contribution in [0.5, 0.6) is 5.75 Å². The summed E-state index contributed by atoms with van der Waals surface area (Å²) in [7, 11) is 1.66. The molecule has 1 unspecified atom stereocenters. The molecule has 8 heteroatoms. The maximum Gasteiger partial charge on any atom is 0.229 e. The van der Waals surface area contributed by atoms with Gasteiger partial charge in [-0.2, -0.15) is 9.97 Å². The van der Waals surface area contributed by atoms with Crippen molar-refractivity contribution in [1.29, 1.82) is 0 Å². The number of piperidine rings is 1. The Kier molecular flexibility index (Phi) is 7.81. The van der Waals surface area contributed by atoms with Gasteiger partial charge in [-0.05, 0) is 43.5 Å². The van der Waals surface area contributed by atoms with Gasteiger partial charge in [0.25, 0.3) is 0 Å². The molecule has 0 bridgehead atoms. The number of methoxy groups -OCH3 is 1. The minimum Gasteiger partial charge on any atom is -0.496 e. The number of unbranched alkanes of at least 4 members (excludes halogenated alkanes) is 1. The summed E-state index contributed by atoms with van der Waals surface area (Å²) in [6, 6.07) is 5.87. The number of H-pyrrole nitrogens is 1. The summed E-state index contributed by atoms with van der Waals surface area (Å²) in [5.41, 5.74) is 3.28. The van der Waals surface area contributed by atoms with Crippen LogP contribution in [0.3, 0.4) is 0 Å². The molecule has 0 radical (unpaired) electrons. The number of ether oxygens (including phenoxy) is 1. The maximum absolute atomic E-state index is 11.2. The lowest BCUT2D eigenvalue weighted by Gasteiger charge is -2.30. The number of anilines is 3. The van der Waals surface area contributed by atoms with E-state index in [1.54, 1.807) is 13.4 Å². The predicted octanol–water partition coefficient (Wildman–Crippen LogP) is 4.64. The highest BCUT2D eigenvalue weighted by atomic mass is 16.5. The number of carbonyl (C=O) groups is 1. The summed E-state index contributed by atoms with van der Waals surface area (Å²) in [6.07, 6.45) is 7.14. The SMILES string of the molecule is CCCC.COc1ccc(Nc2nc(N3CCCC(C=O)C3)nc3nc[nH]c23)cc1C. The Morgan fingerprint density at radius 2 is 2.10 bits per heavy atom. The predicted molar refractivity (Wildman–Crippen MR) is 124 cm³/mol. The third-order valence-electron chi connectivity index (χ3n) is 5.36. The molecule has 1 atom stereocenters. The first kappa shape index (κ1) is 22.5. The number of hydrogen-bond donors (Lipinski definition) is 2. The topological polar surface area (TPSA) is 96.0 Å². The zero-order valence-electron chi connectivity index (χ0n) is 18.8. The van der Waals surface area contributed by atoms with E-state index in [0.29, 0.717) is 24.0 Å². The molecular weight excluding hydrogens is 392 g/mol. The first-order valence-corrected chi connectivity index (χ1v) is 10.9. The fraction of sp³-hybridized carbons (Fsp3) is 0.478. The normalized spacial score (nSPS) is 15.9. The molecule has 1 saturated heterocycles. The second-order valence-electron chi connectivity index (χ2n) is 7.77. The van der Waals surface area contributed by atoms with Crippen LogP contribution in [0.1, 0.15) is 45.1 Å². The van der Waals surface area contributed by atoms with Crippen LogP contribution in [0.25, 0.3) is 11.2 Å². The zero-order valence-corrected chi connectivity index (χ0v) is 18.8. The fourth-order valence-electron chi connectivity index (χ4n) is 3.45. The molecule has 3 heterocycles. The smallest absolute Gasteiger partial charge is 0.229 e. The van der Waals surface area contributed by atoms with Crippen molar-refractivity contribution in [1.82, 2.24) is 19.9 Å². The van der Waals surface area contributed by atoms with Gasteiger partial charge in [0.05, 0.1) is 13.4 Å². The van der Waals surface area contributed by atoms with Crippen LogP contribution in [-0.2, 0) is 4.79 Å². The van der Waals surface area contributed by atoms with Crippen LogP contribution in [0, 0.1) is 12.8 Å². The van der Waals surface area contributed by atoms with Crippen molar-refractivity contribution in [3.05, 3.63) is 30.1 Å². The average molecular weight is 425 g/mol. The van der Waals surface area contributed by atoms with E-state index in [9.17, 15) is 4.79 Å². The van der Waals surface area contributed by atoms with Crippen molar-refractivity contribution in [3.8, 4) is 5.75 Å². The molecule has 4 rings (SSSR count). The average Bonchev–Trinajstić information content (AvgIpc) is 3.28. The van der Waals surface area contributed by atoms with Gasteiger partial charge in [0.1, 0.15) is 17.6 Å². The number of fused-ring (bicyclic) bond motifs is 1. The number of nitrogens with one attached hydrogen (secondary N) is 2. The standard InChI is InChI=1S/C19H22N6O2.C4H10/c1-12-8-14(5-6-15(12)27-2)22-18-16-17(21-11-20-16)23-19(24-18)25-7-3-4-13(9-25)10-26;1-3-4-2/h5-6,8,10-11,13H,3-4,7,9H2,1-2H3,(H2,20,21,22,23,24);3-4H2,1-2H3. The highest BCUT2D eigenvalue weighted by molar-refractivity contribution is 5.86. The molecule has 1 aliphatic rings. The van der Waals surface area contributed by atoms with E-state index in [4.69, 9.17) is 9.72 Å². The number of carbonyl (C=O) groups excluding carboxylic acids is 1. The van der Waals surface area contributed by atoms with Gasteiger partial charge in [0.2, 0.25) is 5.95 Å². The van der Waals surface area contributed by atoms with E-state index in [0.717, 1.165) is 48.2 Å². The molecule has 0 saturated carbocycles. The molecule has 1 aromatic carbocycles. The van der Waals surface area contributed by atoms with Gasteiger partial charge in [-0.25, -0.2) is 4.98 Å². The van der Waals surface area contributed by atoms with Gasteiger partial charge in [0.15, 0.2) is 11.5 Å². The van der Waals surface area contributed by atoms with Crippen LogP contribution in [0.2, 0.25) is 0 Å². The van der Waals surface area contributed by atoms with Crippen LogP contribution in [0.4, 0.5) is 17.5 Å². The molecule has 0 spiro atoms. The molecule has 8 nitrogen and oxygen atoms in total. The first-order chi connectivity index (χ1) is 15.1. The van der Waals surface area contributed by atoms with E-state index < -0.39 is 0 Å². The third-order valence-corrected chi connectivity index (χ3v) is 5.36. The number of imidazole rings is 1. The molecule has 2 N–H and O–H groups in total. The summed E-state index contributed by atoms with van der Waals surface area (Å²) in [5.74, 6) is 2.11. The number of aromatic nitrogens is 4. The summed E-state index contributed by atoms with van der Waals surface area (Å²) in [4.78, 5) is 29.9. The van der Waals surface area contributed by atoms with Crippen molar-refractivity contribution in [2.75, 3.05) is 30.4 Å². The van der Waals surface area contributed by atoms with Crippen LogP contribution >= 0.6 is 0 Å². The van der Waals surface area contributed by atoms with Gasteiger partial charge in [-0.15, -0.1) is 0 Å². The quantitative estimate of drug-likeness (QED) is 0.557. The van der Waals surface area contributed by atoms with E-state index in [1.807, 2.05) is 25.1 Å². The van der Waals surface area contributed by atoms with Crippen molar-refractivity contribution >= 4 is 34.9 Å². The highest BCUT2D eigenvalue weighted by Gasteiger charge is 2.23. The second-order valence-corrected chi connectivity index (χ2v) is 7.77. The van der Waals surface area contributed by atoms with Crippen molar-refractivity contribution < 1.29 is 9.53 Å². The Hall–Kier alpha value is -3.16. The number of aryl methyl sites for hydroxylation is 1. The van der Waals surface area contributed by atoms with E-state index in [-0.39, 0.29) is 5.92 Å². The summed E-state index contributed by atoms with van der Waals surface area (Å²) < 4.78 is 5.32.